The van der Waals surface area contributed by atoms with E-state index in [1.165, 1.54) is 0 Å². The summed E-state index contributed by atoms with van der Waals surface area (Å²) in [4.78, 5) is 6.46. The molecule has 0 aromatic carbocycles. The SMILES string of the molecule is CCO[Si](OCC)(c1ccc[nH]1)c1ccc[nH]1. The van der Waals surface area contributed by atoms with E-state index in [0.717, 1.165) is 10.6 Å². The Balaban J connectivity index is 2.46. The second-order valence-corrected chi connectivity index (χ2v) is 6.54. The average Bonchev–Trinajstić information content (AvgIpc) is 3.02. The zero-order valence-corrected chi connectivity index (χ0v) is 11.2. The molecular weight excluding hydrogens is 232 g/mol. The second kappa shape index (κ2) is 5.35. The van der Waals surface area contributed by atoms with Crippen molar-refractivity contribution >= 4 is 19.2 Å². The van der Waals surface area contributed by atoms with Crippen molar-refractivity contribution in [3.8, 4) is 0 Å². The highest BCUT2D eigenvalue weighted by atomic mass is 28.4. The van der Waals surface area contributed by atoms with Crippen molar-refractivity contribution in [2.45, 2.75) is 13.8 Å². The summed E-state index contributed by atoms with van der Waals surface area (Å²) in [5.41, 5.74) is 0. The summed E-state index contributed by atoms with van der Waals surface area (Å²) < 4.78 is 12.0. The smallest absolute Gasteiger partial charge is 0.386 e. The fourth-order valence-corrected chi connectivity index (χ4v) is 4.96. The second-order valence-electron chi connectivity index (χ2n) is 3.65. The Morgan fingerprint density at radius 3 is 1.71 bits per heavy atom. The highest BCUT2D eigenvalue weighted by Crippen LogP contribution is 2.07. The van der Waals surface area contributed by atoms with Crippen LogP contribution in [0.25, 0.3) is 0 Å². The van der Waals surface area contributed by atoms with Crippen molar-refractivity contribution in [3.05, 3.63) is 36.7 Å². The van der Waals surface area contributed by atoms with E-state index in [-0.39, 0.29) is 0 Å². The van der Waals surface area contributed by atoms with Gasteiger partial charge in [-0.15, -0.1) is 0 Å². The van der Waals surface area contributed by atoms with Crippen LogP contribution in [0.2, 0.25) is 0 Å². The summed E-state index contributed by atoms with van der Waals surface area (Å²) >= 11 is 0. The van der Waals surface area contributed by atoms with E-state index in [0.29, 0.717) is 13.2 Å². The van der Waals surface area contributed by atoms with Gasteiger partial charge in [-0.2, -0.15) is 0 Å². The number of hydrogen-bond donors (Lipinski definition) is 2. The molecule has 4 nitrogen and oxygen atoms in total. The molecule has 0 atom stereocenters. The van der Waals surface area contributed by atoms with Gasteiger partial charge in [0.1, 0.15) is 0 Å². The lowest BCUT2D eigenvalue weighted by molar-refractivity contribution is 0.207. The minimum atomic E-state index is -2.55. The summed E-state index contributed by atoms with van der Waals surface area (Å²) in [6, 6.07) is 7.99. The highest BCUT2D eigenvalue weighted by Gasteiger charge is 2.44. The molecule has 0 saturated carbocycles. The molecule has 0 unspecified atom stereocenters. The van der Waals surface area contributed by atoms with Crippen LogP contribution in [0.4, 0.5) is 0 Å². The van der Waals surface area contributed by atoms with Crippen LogP contribution in [0, 0.1) is 0 Å². The van der Waals surface area contributed by atoms with Gasteiger partial charge < -0.3 is 18.8 Å². The molecule has 0 fully saturated rings. The molecule has 2 aromatic rings. The van der Waals surface area contributed by atoms with E-state index in [1.54, 1.807) is 0 Å². The van der Waals surface area contributed by atoms with Gasteiger partial charge in [0, 0.05) is 25.6 Å². The van der Waals surface area contributed by atoms with Gasteiger partial charge in [-0.1, -0.05) is 0 Å². The summed E-state index contributed by atoms with van der Waals surface area (Å²) in [6.45, 7) is 5.24. The summed E-state index contributed by atoms with van der Waals surface area (Å²) in [7, 11) is -2.55. The monoisotopic (exact) mass is 250 g/mol. The van der Waals surface area contributed by atoms with E-state index in [2.05, 4.69) is 9.97 Å². The van der Waals surface area contributed by atoms with Gasteiger partial charge >= 0.3 is 8.56 Å². The molecule has 0 bridgehead atoms. The zero-order chi connectivity index (χ0) is 12.1. The van der Waals surface area contributed by atoms with Crippen molar-refractivity contribution < 1.29 is 8.85 Å². The molecule has 2 aromatic heterocycles. The van der Waals surface area contributed by atoms with Crippen LogP contribution in [0.5, 0.6) is 0 Å². The average molecular weight is 250 g/mol. The van der Waals surface area contributed by atoms with Gasteiger partial charge in [0.25, 0.3) is 0 Å². The van der Waals surface area contributed by atoms with Gasteiger partial charge in [-0.05, 0) is 38.1 Å². The van der Waals surface area contributed by atoms with E-state index < -0.39 is 8.56 Å². The maximum Gasteiger partial charge on any atom is 0.440 e. The number of hydrogen-bond acceptors (Lipinski definition) is 2. The van der Waals surface area contributed by atoms with E-state index in [1.807, 2.05) is 50.5 Å². The normalized spacial score (nSPS) is 11.9. The Labute approximate surface area is 102 Å². The number of aromatic amines is 2. The van der Waals surface area contributed by atoms with Crippen molar-refractivity contribution in [2.75, 3.05) is 13.2 Å². The van der Waals surface area contributed by atoms with Crippen LogP contribution in [0.3, 0.4) is 0 Å². The van der Waals surface area contributed by atoms with Crippen LogP contribution >= 0.6 is 0 Å². The predicted octanol–water partition coefficient (Wildman–Crippen LogP) is 0.972. The van der Waals surface area contributed by atoms with Crippen LogP contribution in [-0.4, -0.2) is 31.7 Å². The fraction of sp³-hybridized carbons (Fsp3) is 0.333. The standard InChI is InChI=1S/C12H18N2O2Si/c1-3-15-17(16-4-2,11-7-5-9-13-11)12-8-6-10-14-12/h5-10,13-14H,3-4H2,1-2H3. The molecule has 0 amide bonds. The molecule has 0 radical (unpaired) electrons. The predicted molar refractivity (Wildman–Crippen MR) is 69.9 cm³/mol. The zero-order valence-electron chi connectivity index (χ0n) is 10.2. The summed E-state index contributed by atoms with van der Waals surface area (Å²) in [5.74, 6) is 0. The van der Waals surface area contributed by atoms with Gasteiger partial charge in [0.05, 0.1) is 10.6 Å². The molecule has 2 rings (SSSR count). The summed E-state index contributed by atoms with van der Waals surface area (Å²) in [5, 5.41) is 2.06. The third-order valence-corrected chi connectivity index (χ3v) is 6.03. The highest BCUT2D eigenvalue weighted by molar-refractivity contribution is 6.91. The lowest BCUT2D eigenvalue weighted by Gasteiger charge is -2.27. The van der Waals surface area contributed by atoms with E-state index >= 15 is 0 Å². The maximum absolute atomic E-state index is 6.01. The molecule has 0 spiro atoms. The minimum Gasteiger partial charge on any atom is -0.386 e. The summed E-state index contributed by atoms with van der Waals surface area (Å²) in [6.07, 6.45) is 3.80. The van der Waals surface area contributed by atoms with Crippen LogP contribution in [0.15, 0.2) is 36.7 Å². The molecule has 92 valence electrons. The minimum absolute atomic E-state index is 0.629. The first kappa shape index (κ1) is 12.2. The molecule has 5 heteroatoms. The Kier molecular flexibility index (Phi) is 3.83. The fourth-order valence-electron chi connectivity index (χ4n) is 1.97. The Bertz CT molecular complexity index is 383. The molecule has 0 aliphatic heterocycles. The molecule has 0 aliphatic rings. The van der Waals surface area contributed by atoms with Crippen LogP contribution in [0.1, 0.15) is 13.8 Å². The lowest BCUT2D eigenvalue weighted by atomic mass is 10.7. The molecule has 0 aliphatic carbocycles. The Morgan fingerprint density at radius 2 is 1.41 bits per heavy atom. The number of rotatable bonds is 6. The van der Waals surface area contributed by atoms with E-state index in [9.17, 15) is 0 Å². The van der Waals surface area contributed by atoms with E-state index in [4.69, 9.17) is 8.85 Å². The Hall–Kier alpha value is -1.30. The van der Waals surface area contributed by atoms with Crippen LogP contribution in [-0.2, 0) is 8.85 Å². The first-order valence-electron chi connectivity index (χ1n) is 5.89. The molecule has 0 saturated heterocycles. The number of H-pyrrole nitrogens is 2. The first-order valence-corrected chi connectivity index (χ1v) is 7.70. The van der Waals surface area contributed by atoms with Gasteiger partial charge in [0.2, 0.25) is 0 Å². The molecular formula is C12H18N2O2Si. The Morgan fingerprint density at radius 1 is 0.941 bits per heavy atom. The van der Waals surface area contributed by atoms with Crippen LogP contribution < -0.4 is 10.6 Å². The van der Waals surface area contributed by atoms with Crippen molar-refractivity contribution in [2.24, 2.45) is 0 Å². The molecule has 17 heavy (non-hydrogen) atoms. The number of nitrogens with one attached hydrogen (secondary N) is 2. The number of aromatic nitrogens is 2. The lowest BCUT2D eigenvalue weighted by Crippen LogP contribution is -2.64. The third-order valence-electron chi connectivity index (χ3n) is 2.60. The topological polar surface area (TPSA) is 50.0 Å². The van der Waals surface area contributed by atoms with Crippen molar-refractivity contribution in [3.63, 3.8) is 0 Å². The van der Waals surface area contributed by atoms with Crippen molar-refractivity contribution in [1.82, 2.24) is 9.97 Å². The molecule has 2 heterocycles. The van der Waals surface area contributed by atoms with Gasteiger partial charge in [-0.3, -0.25) is 0 Å². The largest absolute Gasteiger partial charge is 0.440 e. The van der Waals surface area contributed by atoms with Crippen molar-refractivity contribution in [1.29, 1.82) is 0 Å². The molecule has 2 N–H and O–H groups in total. The maximum atomic E-state index is 6.01. The van der Waals surface area contributed by atoms with Gasteiger partial charge in [0.15, 0.2) is 0 Å². The quantitative estimate of drug-likeness (QED) is 0.751. The van der Waals surface area contributed by atoms with Gasteiger partial charge in [-0.25, -0.2) is 0 Å². The third kappa shape index (κ3) is 2.22. The first-order chi connectivity index (χ1) is 8.33.